The predicted octanol–water partition coefficient (Wildman–Crippen LogP) is 1.92. The van der Waals surface area contributed by atoms with Crippen molar-refractivity contribution in [1.29, 1.82) is 0 Å². The molecule has 0 spiro atoms. The van der Waals surface area contributed by atoms with Crippen molar-refractivity contribution in [2.24, 2.45) is 7.05 Å². The fraction of sp³-hybridized carbons (Fsp3) is 0.125. The Balaban J connectivity index is 2.96. The number of rotatable bonds is 1. The van der Waals surface area contributed by atoms with E-state index in [4.69, 9.17) is 16.7 Å². The molecular formula is C8H5ClIN3O2. The van der Waals surface area contributed by atoms with Gasteiger partial charge in [0.15, 0.2) is 5.65 Å². The lowest BCUT2D eigenvalue weighted by Gasteiger charge is -1.98. The summed E-state index contributed by atoms with van der Waals surface area (Å²) in [5.41, 5.74) is 0.604. The fourth-order valence-electron chi connectivity index (χ4n) is 1.34. The number of hydrogen-bond donors (Lipinski definition) is 1. The summed E-state index contributed by atoms with van der Waals surface area (Å²) in [7, 11) is 1.69. The number of halogens is 2. The molecule has 0 saturated carbocycles. The molecule has 0 aliphatic carbocycles. The van der Waals surface area contributed by atoms with Crippen molar-refractivity contribution in [3.63, 3.8) is 0 Å². The summed E-state index contributed by atoms with van der Waals surface area (Å²) in [4.78, 5) is 15.0. The van der Waals surface area contributed by atoms with Crippen LogP contribution in [0.2, 0.25) is 5.15 Å². The largest absolute Gasteiger partial charge is 0.478 e. The molecule has 2 rings (SSSR count). The zero-order chi connectivity index (χ0) is 11.2. The van der Waals surface area contributed by atoms with Gasteiger partial charge in [-0.1, -0.05) is 11.6 Å². The van der Waals surface area contributed by atoms with Gasteiger partial charge in [-0.25, -0.2) is 14.5 Å². The number of aromatic carboxylic acids is 1. The molecule has 0 saturated heterocycles. The monoisotopic (exact) mass is 337 g/mol. The number of carboxylic acid groups (broad SMARTS) is 1. The van der Waals surface area contributed by atoms with Gasteiger partial charge < -0.3 is 5.11 Å². The smallest absolute Gasteiger partial charge is 0.336 e. The molecule has 2 aromatic rings. The first kappa shape index (κ1) is 10.6. The van der Waals surface area contributed by atoms with Crippen LogP contribution >= 0.6 is 34.2 Å². The lowest BCUT2D eigenvalue weighted by molar-refractivity contribution is 0.0699. The third-order valence-corrected chi connectivity index (χ3v) is 2.90. The van der Waals surface area contributed by atoms with Crippen molar-refractivity contribution in [3.8, 4) is 0 Å². The van der Waals surface area contributed by atoms with Crippen LogP contribution in [0.5, 0.6) is 0 Å². The van der Waals surface area contributed by atoms with Crippen LogP contribution in [0.1, 0.15) is 10.4 Å². The van der Waals surface area contributed by atoms with Gasteiger partial charge in [-0.05, 0) is 28.7 Å². The van der Waals surface area contributed by atoms with E-state index in [-0.39, 0.29) is 10.7 Å². The number of carbonyl (C=O) groups is 1. The Morgan fingerprint density at radius 2 is 2.33 bits per heavy atom. The van der Waals surface area contributed by atoms with Crippen LogP contribution in [0, 0.1) is 3.70 Å². The number of hydrogen-bond acceptors (Lipinski definition) is 3. The van der Waals surface area contributed by atoms with E-state index < -0.39 is 5.97 Å². The summed E-state index contributed by atoms with van der Waals surface area (Å²) < 4.78 is 2.11. The second kappa shape index (κ2) is 3.60. The maximum Gasteiger partial charge on any atom is 0.336 e. The Bertz CT molecular complexity index is 567. The highest BCUT2D eigenvalue weighted by molar-refractivity contribution is 14.1. The normalized spacial score (nSPS) is 10.9. The average molecular weight is 338 g/mol. The van der Waals surface area contributed by atoms with Crippen LogP contribution in [0.4, 0.5) is 0 Å². The molecule has 0 bridgehead atoms. The van der Waals surface area contributed by atoms with Crippen molar-refractivity contribution in [3.05, 3.63) is 20.5 Å². The van der Waals surface area contributed by atoms with Gasteiger partial charge in [0.25, 0.3) is 0 Å². The molecule has 2 aromatic heterocycles. The predicted molar refractivity (Wildman–Crippen MR) is 63.2 cm³/mol. The van der Waals surface area contributed by atoms with Crippen molar-refractivity contribution in [2.75, 3.05) is 0 Å². The summed E-state index contributed by atoms with van der Waals surface area (Å²) in [5.74, 6) is -1.03. The molecular weight excluding hydrogens is 332 g/mol. The molecule has 7 heteroatoms. The fourth-order valence-corrected chi connectivity index (χ4v) is 2.38. The summed E-state index contributed by atoms with van der Waals surface area (Å²) in [6, 6.07) is 1.33. The van der Waals surface area contributed by atoms with Crippen LogP contribution < -0.4 is 0 Å². The van der Waals surface area contributed by atoms with Gasteiger partial charge in [0.1, 0.15) is 8.85 Å². The van der Waals surface area contributed by atoms with E-state index >= 15 is 0 Å². The first-order valence-electron chi connectivity index (χ1n) is 3.92. The van der Waals surface area contributed by atoms with Crippen LogP contribution in [0.15, 0.2) is 6.07 Å². The molecule has 0 aliphatic heterocycles. The van der Waals surface area contributed by atoms with Crippen molar-refractivity contribution in [1.82, 2.24) is 14.8 Å². The second-order valence-electron chi connectivity index (χ2n) is 2.91. The molecule has 2 heterocycles. The van der Waals surface area contributed by atoms with Crippen molar-refractivity contribution >= 4 is 51.2 Å². The number of nitrogens with zero attached hydrogens (tertiary/aromatic N) is 3. The molecule has 5 nitrogen and oxygen atoms in total. The molecule has 0 unspecified atom stereocenters. The van der Waals surface area contributed by atoms with Gasteiger partial charge >= 0.3 is 5.97 Å². The van der Waals surface area contributed by atoms with Gasteiger partial charge in [-0.2, -0.15) is 5.10 Å². The quantitative estimate of drug-likeness (QED) is 0.638. The Labute approximate surface area is 103 Å². The van der Waals surface area contributed by atoms with Gasteiger partial charge in [0.2, 0.25) is 0 Å². The van der Waals surface area contributed by atoms with Crippen molar-refractivity contribution < 1.29 is 9.90 Å². The SMILES string of the molecule is Cn1nc(I)c2c(C(=O)O)cc(Cl)nc21. The lowest BCUT2D eigenvalue weighted by Crippen LogP contribution is -1.99. The standard InChI is InChI=1S/C8H5ClIN3O2/c1-13-7-5(6(10)12-13)3(8(14)15)2-4(9)11-7/h2H,1H3,(H,14,15). The number of aromatic nitrogens is 3. The Hall–Kier alpha value is -0.890. The number of carboxylic acids is 1. The molecule has 15 heavy (non-hydrogen) atoms. The minimum Gasteiger partial charge on any atom is -0.478 e. The van der Waals surface area contributed by atoms with E-state index in [2.05, 4.69) is 10.1 Å². The van der Waals surface area contributed by atoms with Gasteiger partial charge in [-0.3, -0.25) is 0 Å². The van der Waals surface area contributed by atoms with Crippen LogP contribution in [0.3, 0.4) is 0 Å². The van der Waals surface area contributed by atoms with E-state index in [0.717, 1.165) is 0 Å². The molecule has 0 aliphatic rings. The highest BCUT2D eigenvalue weighted by Gasteiger charge is 2.17. The van der Waals surface area contributed by atoms with Gasteiger partial charge in [0.05, 0.1) is 10.9 Å². The highest BCUT2D eigenvalue weighted by atomic mass is 127. The van der Waals surface area contributed by atoms with E-state index in [0.29, 0.717) is 14.7 Å². The maximum atomic E-state index is 11.0. The first-order chi connectivity index (χ1) is 7.00. The van der Waals surface area contributed by atoms with E-state index in [1.807, 2.05) is 22.6 Å². The summed E-state index contributed by atoms with van der Waals surface area (Å²) in [6.07, 6.45) is 0. The first-order valence-corrected chi connectivity index (χ1v) is 5.38. The third kappa shape index (κ3) is 1.67. The Morgan fingerprint density at radius 1 is 1.67 bits per heavy atom. The highest BCUT2D eigenvalue weighted by Crippen LogP contribution is 2.24. The lowest BCUT2D eigenvalue weighted by atomic mass is 10.2. The molecule has 0 aromatic carbocycles. The number of pyridine rings is 1. The molecule has 78 valence electrons. The summed E-state index contributed by atoms with van der Waals surface area (Å²) in [5, 5.41) is 13.8. The number of aryl methyl sites for hydroxylation is 1. The van der Waals surface area contributed by atoms with Gasteiger partial charge in [0, 0.05) is 7.05 Å². The topological polar surface area (TPSA) is 68.0 Å². The minimum absolute atomic E-state index is 0.127. The summed E-state index contributed by atoms with van der Waals surface area (Å²) in [6.45, 7) is 0. The van der Waals surface area contributed by atoms with Crippen LogP contribution in [-0.2, 0) is 7.05 Å². The van der Waals surface area contributed by atoms with E-state index in [1.54, 1.807) is 7.05 Å². The zero-order valence-electron chi connectivity index (χ0n) is 7.53. The molecule has 0 atom stereocenters. The van der Waals surface area contributed by atoms with Crippen LogP contribution in [0.25, 0.3) is 11.0 Å². The third-order valence-electron chi connectivity index (χ3n) is 1.95. The van der Waals surface area contributed by atoms with Crippen molar-refractivity contribution in [2.45, 2.75) is 0 Å². The van der Waals surface area contributed by atoms with E-state index in [1.165, 1.54) is 10.7 Å². The zero-order valence-corrected chi connectivity index (χ0v) is 10.4. The Morgan fingerprint density at radius 3 is 2.93 bits per heavy atom. The molecule has 0 radical (unpaired) electrons. The minimum atomic E-state index is -1.03. The molecule has 0 amide bonds. The summed E-state index contributed by atoms with van der Waals surface area (Å²) >= 11 is 7.70. The Kier molecular flexibility index (Phi) is 2.55. The molecule has 1 N–H and O–H groups in total. The molecule has 0 fully saturated rings. The second-order valence-corrected chi connectivity index (χ2v) is 4.32. The van der Waals surface area contributed by atoms with E-state index in [9.17, 15) is 4.79 Å². The maximum absolute atomic E-state index is 11.0. The average Bonchev–Trinajstić information content (AvgIpc) is 2.41. The van der Waals surface area contributed by atoms with Crippen LogP contribution in [-0.4, -0.2) is 25.8 Å². The number of fused-ring (bicyclic) bond motifs is 1. The van der Waals surface area contributed by atoms with Gasteiger partial charge in [-0.15, -0.1) is 0 Å².